The van der Waals surface area contributed by atoms with E-state index in [9.17, 15) is 4.79 Å². The fourth-order valence-electron chi connectivity index (χ4n) is 2.28. The fourth-order valence-corrected chi connectivity index (χ4v) is 3.11. The molecule has 4 nitrogen and oxygen atoms in total. The molecule has 1 atom stereocenters. The zero-order chi connectivity index (χ0) is 14.7. The van der Waals surface area contributed by atoms with Crippen LogP contribution in [0.2, 0.25) is 0 Å². The number of carbonyl (C=O) groups is 1. The topological polar surface area (TPSA) is 55.1 Å². The molecule has 0 aliphatic heterocycles. The van der Waals surface area contributed by atoms with Gasteiger partial charge in [-0.25, -0.2) is 4.98 Å². The highest BCUT2D eigenvalue weighted by atomic mass is 32.2. The summed E-state index contributed by atoms with van der Waals surface area (Å²) in [4.78, 5) is 15.4. The molecule has 1 unspecified atom stereocenters. The van der Waals surface area contributed by atoms with Crippen LogP contribution in [0.1, 0.15) is 24.9 Å². The minimum Gasteiger partial charge on any atom is -0.481 e. The Hall–Kier alpha value is -1.75. The van der Waals surface area contributed by atoms with Crippen molar-refractivity contribution in [2.45, 2.75) is 31.5 Å². The largest absolute Gasteiger partial charge is 0.481 e. The zero-order valence-corrected chi connectivity index (χ0v) is 12.5. The number of para-hydroxylation sites is 1. The number of fused-ring (bicyclic) bond motifs is 1. The standard InChI is InChI=1S/C15H18N2O2S/c1-4-6-11(3)17-14-10(2)7-5-8-12(14)16-15(17)20-9-13(18)19/h4-5,7-8,11H,1,6,9H2,2-3H3,(H,18,19). The molecular formula is C15H18N2O2S. The van der Waals surface area contributed by atoms with E-state index in [4.69, 9.17) is 5.11 Å². The van der Waals surface area contributed by atoms with Gasteiger partial charge < -0.3 is 9.67 Å². The van der Waals surface area contributed by atoms with Crippen LogP contribution in [0.25, 0.3) is 11.0 Å². The molecule has 0 fully saturated rings. The molecule has 1 N–H and O–H groups in total. The summed E-state index contributed by atoms with van der Waals surface area (Å²) in [5, 5.41) is 9.62. The van der Waals surface area contributed by atoms with E-state index < -0.39 is 5.97 Å². The van der Waals surface area contributed by atoms with Gasteiger partial charge in [-0.15, -0.1) is 6.58 Å². The number of carboxylic acids is 1. The average molecular weight is 290 g/mol. The van der Waals surface area contributed by atoms with Gasteiger partial charge in [-0.3, -0.25) is 4.79 Å². The number of aliphatic carboxylic acids is 1. The Morgan fingerprint density at radius 2 is 2.35 bits per heavy atom. The number of hydrogen-bond donors (Lipinski definition) is 1. The van der Waals surface area contributed by atoms with Crippen LogP contribution in [0.5, 0.6) is 0 Å². The lowest BCUT2D eigenvalue weighted by molar-refractivity contribution is -0.133. The van der Waals surface area contributed by atoms with Gasteiger partial charge in [0.15, 0.2) is 5.16 Å². The Bertz CT molecular complexity index is 649. The summed E-state index contributed by atoms with van der Waals surface area (Å²) in [6, 6.07) is 6.19. The minimum atomic E-state index is -0.832. The third kappa shape index (κ3) is 2.88. The summed E-state index contributed by atoms with van der Waals surface area (Å²) in [6.07, 6.45) is 2.70. The first-order valence-corrected chi connectivity index (χ1v) is 7.46. The average Bonchev–Trinajstić information content (AvgIpc) is 2.76. The molecule has 0 saturated heterocycles. The van der Waals surface area contributed by atoms with E-state index in [2.05, 4.69) is 23.1 Å². The molecule has 1 aromatic carbocycles. The van der Waals surface area contributed by atoms with Gasteiger partial charge in [0, 0.05) is 6.04 Å². The summed E-state index contributed by atoms with van der Waals surface area (Å²) in [7, 11) is 0. The second-order valence-electron chi connectivity index (χ2n) is 4.76. The van der Waals surface area contributed by atoms with Crippen LogP contribution < -0.4 is 0 Å². The van der Waals surface area contributed by atoms with E-state index in [1.807, 2.05) is 31.2 Å². The van der Waals surface area contributed by atoms with Gasteiger partial charge in [0.05, 0.1) is 16.8 Å². The molecule has 2 rings (SSSR count). The SMILES string of the molecule is C=CCC(C)n1c(SCC(=O)O)nc2cccc(C)c21. The van der Waals surface area contributed by atoms with Crippen molar-refractivity contribution in [3.05, 3.63) is 36.4 Å². The lowest BCUT2D eigenvalue weighted by Gasteiger charge is -2.16. The van der Waals surface area contributed by atoms with Crippen molar-refractivity contribution in [1.82, 2.24) is 9.55 Å². The highest BCUT2D eigenvalue weighted by Gasteiger charge is 2.17. The quantitative estimate of drug-likeness (QED) is 0.651. The third-order valence-corrected chi connectivity index (χ3v) is 4.09. The Kier molecular flexibility index (Phi) is 4.49. The van der Waals surface area contributed by atoms with Crippen LogP contribution in [0.15, 0.2) is 36.0 Å². The number of aromatic nitrogens is 2. The summed E-state index contributed by atoms with van der Waals surface area (Å²) < 4.78 is 2.12. The summed E-state index contributed by atoms with van der Waals surface area (Å²) in [5.41, 5.74) is 3.14. The number of rotatable bonds is 6. The maximum atomic E-state index is 10.8. The molecule has 0 aliphatic rings. The molecule has 0 saturated carbocycles. The monoisotopic (exact) mass is 290 g/mol. The van der Waals surface area contributed by atoms with Gasteiger partial charge in [-0.1, -0.05) is 30.0 Å². The molecule has 1 aromatic heterocycles. The first-order chi connectivity index (χ1) is 9.54. The van der Waals surface area contributed by atoms with E-state index >= 15 is 0 Å². The van der Waals surface area contributed by atoms with E-state index in [1.165, 1.54) is 11.8 Å². The van der Waals surface area contributed by atoms with Gasteiger partial charge in [-0.05, 0) is 31.9 Å². The van der Waals surface area contributed by atoms with Crippen LogP contribution in [-0.2, 0) is 4.79 Å². The van der Waals surface area contributed by atoms with Gasteiger partial charge in [0.2, 0.25) is 0 Å². The predicted molar refractivity (Wildman–Crippen MR) is 82.4 cm³/mol. The molecule has 0 radical (unpaired) electrons. The molecule has 106 valence electrons. The third-order valence-electron chi connectivity index (χ3n) is 3.15. The van der Waals surface area contributed by atoms with Gasteiger partial charge in [0.1, 0.15) is 0 Å². The molecule has 0 bridgehead atoms. The number of hydrogen-bond acceptors (Lipinski definition) is 3. The molecule has 0 spiro atoms. The molecule has 2 aromatic rings. The maximum Gasteiger partial charge on any atom is 0.313 e. The smallest absolute Gasteiger partial charge is 0.313 e. The normalized spacial score (nSPS) is 12.5. The number of imidazole rings is 1. The highest BCUT2D eigenvalue weighted by Crippen LogP contribution is 2.30. The Morgan fingerprint density at radius 1 is 1.60 bits per heavy atom. The fraction of sp³-hybridized carbons (Fsp3) is 0.333. The Morgan fingerprint density at radius 3 is 3.00 bits per heavy atom. The maximum absolute atomic E-state index is 10.8. The second kappa shape index (κ2) is 6.13. The second-order valence-corrected chi connectivity index (χ2v) is 5.71. The van der Waals surface area contributed by atoms with Crippen molar-refractivity contribution >= 4 is 28.8 Å². The summed E-state index contributed by atoms with van der Waals surface area (Å²) >= 11 is 1.26. The van der Waals surface area contributed by atoms with Gasteiger partial charge >= 0.3 is 5.97 Å². The minimum absolute atomic E-state index is 0.0170. The lowest BCUT2D eigenvalue weighted by Crippen LogP contribution is -2.08. The Balaban J connectivity index is 2.54. The number of carboxylic acid groups (broad SMARTS) is 1. The van der Waals surface area contributed by atoms with Gasteiger partial charge in [0.25, 0.3) is 0 Å². The Labute approximate surface area is 122 Å². The van der Waals surface area contributed by atoms with Crippen molar-refractivity contribution in [1.29, 1.82) is 0 Å². The van der Waals surface area contributed by atoms with E-state index in [1.54, 1.807) is 0 Å². The van der Waals surface area contributed by atoms with Crippen LogP contribution in [0, 0.1) is 6.92 Å². The van der Waals surface area contributed by atoms with Crippen LogP contribution in [0.3, 0.4) is 0 Å². The van der Waals surface area contributed by atoms with E-state index in [0.29, 0.717) is 0 Å². The van der Waals surface area contributed by atoms with E-state index in [-0.39, 0.29) is 11.8 Å². The van der Waals surface area contributed by atoms with Crippen molar-refractivity contribution in [2.75, 3.05) is 5.75 Å². The first kappa shape index (κ1) is 14.7. The number of benzene rings is 1. The number of thioether (sulfide) groups is 1. The van der Waals surface area contributed by atoms with Crippen molar-refractivity contribution in [2.24, 2.45) is 0 Å². The lowest BCUT2D eigenvalue weighted by atomic mass is 10.1. The van der Waals surface area contributed by atoms with Crippen LogP contribution >= 0.6 is 11.8 Å². The summed E-state index contributed by atoms with van der Waals surface area (Å²) in [6.45, 7) is 7.93. The predicted octanol–water partition coefficient (Wildman–Crippen LogP) is 3.66. The molecule has 1 heterocycles. The number of aryl methyl sites for hydroxylation is 1. The zero-order valence-electron chi connectivity index (χ0n) is 11.7. The highest BCUT2D eigenvalue weighted by molar-refractivity contribution is 7.99. The van der Waals surface area contributed by atoms with Crippen molar-refractivity contribution in [3.63, 3.8) is 0 Å². The van der Waals surface area contributed by atoms with Crippen molar-refractivity contribution in [3.8, 4) is 0 Å². The van der Waals surface area contributed by atoms with E-state index in [0.717, 1.165) is 28.2 Å². The van der Waals surface area contributed by atoms with Gasteiger partial charge in [-0.2, -0.15) is 0 Å². The molecule has 0 amide bonds. The molecule has 20 heavy (non-hydrogen) atoms. The molecule has 5 heteroatoms. The van der Waals surface area contributed by atoms with Crippen LogP contribution in [-0.4, -0.2) is 26.4 Å². The molecule has 0 aliphatic carbocycles. The number of allylic oxidation sites excluding steroid dienone is 1. The summed E-state index contributed by atoms with van der Waals surface area (Å²) in [5.74, 6) is -0.815. The van der Waals surface area contributed by atoms with Crippen molar-refractivity contribution < 1.29 is 9.90 Å². The molecular weight excluding hydrogens is 272 g/mol. The van der Waals surface area contributed by atoms with Crippen LogP contribution in [0.4, 0.5) is 0 Å². The number of nitrogens with zero attached hydrogens (tertiary/aromatic N) is 2. The first-order valence-electron chi connectivity index (χ1n) is 6.47.